The first kappa shape index (κ1) is 28.9. The maximum atomic E-state index is 12.3. The molecule has 0 aromatic heterocycles. The number of hydrogen-bond acceptors (Lipinski definition) is 9. The van der Waals surface area contributed by atoms with E-state index in [0.29, 0.717) is 19.3 Å². The second-order valence-electron chi connectivity index (χ2n) is 11.3. The Hall–Kier alpha value is -2.68. The Morgan fingerprint density at radius 2 is 1.65 bits per heavy atom. The van der Waals surface area contributed by atoms with Gasteiger partial charge in [-0.2, -0.15) is 0 Å². The van der Waals surface area contributed by atoms with E-state index in [4.69, 9.17) is 23.7 Å². The van der Waals surface area contributed by atoms with E-state index in [-0.39, 0.29) is 17.9 Å². The van der Waals surface area contributed by atoms with Crippen molar-refractivity contribution in [2.24, 2.45) is 17.8 Å². The molecule has 0 amide bonds. The second kappa shape index (κ2) is 10.6. The zero-order valence-electron chi connectivity index (χ0n) is 23.1. The van der Waals surface area contributed by atoms with Crippen LogP contribution in [-0.4, -0.2) is 59.5 Å². The first-order valence-corrected chi connectivity index (χ1v) is 12.8. The lowest BCUT2D eigenvalue weighted by atomic mass is 9.60. The summed E-state index contributed by atoms with van der Waals surface area (Å²) in [4.78, 5) is 48.4. The topological polar surface area (TPSA) is 114 Å². The zero-order chi connectivity index (χ0) is 27.9. The molecule has 206 valence electrons. The van der Waals surface area contributed by atoms with Crippen molar-refractivity contribution in [2.45, 2.75) is 110 Å². The first-order valence-electron chi connectivity index (χ1n) is 12.8. The Morgan fingerprint density at radius 1 is 1.03 bits per heavy atom. The molecule has 2 fully saturated rings. The van der Waals surface area contributed by atoms with Gasteiger partial charge in [0.25, 0.3) is 0 Å². The van der Waals surface area contributed by atoms with E-state index in [1.807, 2.05) is 19.9 Å². The molecule has 2 heterocycles. The number of carbonyl (C=O) groups excluding carboxylic acids is 4. The molecular weight excluding hydrogens is 480 g/mol. The fraction of sp³-hybridized carbons (Fsp3) is 0.714. The van der Waals surface area contributed by atoms with Gasteiger partial charge in [0, 0.05) is 45.4 Å². The number of rotatable bonds is 5. The van der Waals surface area contributed by atoms with E-state index in [9.17, 15) is 19.2 Å². The molecule has 37 heavy (non-hydrogen) atoms. The summed E-state index contributed by atoms with van der Waals surface area (Å²) >= 11 is 0. The van der Waals surface area contributed by atoms with Crippen LogP contribution in [0.15, 0.2) is 23.8 Å². The van der Waals surface area contributed by atoms with Gasteiger partial charge in [0.1, 0.15) is 29.5 Å². The summed E-state index contributed by atoms with van der Waals surface area (Å²) in [7, 11) is 0. The standard InChI is InChI=1S/C28H40O9/c1-14-12-21-23-15(2)13-22(34-17(4)30)25(27(7,8)36-18(5)31)24(23)26(35-21)28(9,37-19(6)32)11-10-20(14)33-16(3)29/h13,20-26H,1,10-12H2,2-9H3/t20-,21+,22+,23+,24-,25?,26+,28+/m0/s1. The molecule has 3 rings (SSSR count). The lowest BCUT2D eigenvalue weighted by Gasteiger charge is -2.49. The minimum Gasteiger partial charge on any atom is -0.459 e. The molecule has 1 unspecified atom stereocenters. The molecule has 0 N–H and O–H groups in total. The van der Waals surface area contributed by atoms with Crippen LogP contribution in [0.3, 0.4) is 0 Å². The zero-order valence-corrected chi connectivity index (χ0v) is 23.1. The van der Waals surface area contributed by atoms with Crippen LogP contribution < -0.4 is 0 Å². The molecule has 1 aliphatic carbocycles. The van der Waals surface area contributed by atoms with Crippen LogP contribution >= 0.6 is 0 Å². The summed E-state index contributed by atoms with van der Waals surface area (Å²) in [5.74, 6) is -2.77. The van der Waals surface area contributed by atoms with Gasteiger partial charge in [0.2, 0.25) is 0 Å². The summed E-state index contributed by atoms with van der Waals surface area (Å²) < 4.78 is 29.8. The van der Waals surface area contributed by atoms with Crippen LogP contribution in [0.1, 0.15) is 74.7 Å². The van der Waals surface area contributed by atoms with Gasteiger partial charge in [-0.15, -0.1) is 0 Å². The molecule has 9 heteroatoms. The van der Waals surface area contributed by atoms with Crippen LogP contribution in [0, 0.1) is 17.8 Å². The summed E-state index contributed by atoms with van der Waals surface area (Å²) in [5.41, 5.74) is -0.463. The Bertz CT molecular complexity index is 996. The van der Waals surface area contributed by atoms with E-state index >= 15 is 0 Å². The normalized spacial score (nSPS) is 35.6. The first-order chi connectivity index (χ1) is 17.1. The van der Waals surface area contributed by atoms with Crippen LogP contribution in [0.5, 0.6) is 0 Å². The average molecular weight is 521 g/mol. The number of fused-ring (bicyclic) bond motifs is 5. The van der Waals surface area contributed by atoms with Crippen molar-refractivity contribution in [3.8, 4) is 0 Å². The quantitative estimate of drug-likeness (QED) is 0.303. The van der Waals surface area contributed by atoms with Gasteiger partial charge in [-0.25, -0.2) is 0 Å². The molecule has 2 aliphatic heterocycles. The minimum atomic E-state index is -1.10. The number of esters is 4. The maximum absolute atomic E-state index is 12.3. The smallest absolute Gasteiger partial charge is 0.303 e. The van der Waals surface area contributed by atoms with Gasteiger partial charge in [-0.1, -0.05) is 12.2 Å². The SMILES string of the molecule is C=C1C[C@H]2O[C@H]([C@@H]3C(C(C)(C)OC(C)=O)[C@H](OC(C)=O)C=C(C)[C@@H]32)[C@](C)(OC(C)=O)CC[C@@H]1OC(C)=O. The third-order valence-corrected chi connectivity index (χ3v) is 7.83. The maximum Gasteiger partial charge on any atom is 0.303 e. The number of hydrogen-bond donors (Lipinski definition) is 0. The van der Waals surface area contributed by atoms with Crippen molar-refractivity contribution in [2.75, 3.05) is 0 Å². The lowest BCUT2D eigenvalue weighted by molar-refractivity contribution is -0.192. The summed E-state index contributed by atoms with van der Waals surface area (Å²) in [5, 5.41) is 0. The molecule has 0 saturated carbocycles. The second-order valence-corrected chi connectivity index (χ2v) is 11.3. The van der Waals surface area contributed by atoms with E-state index in [0.717, 1.165) is 11.1 Å². The molecular formula is C28H40O9. The fourth-order valence-electron chi connectivity index (χ4n) is 6.76. The van der Waals surface area contributed by atoms with Crippen molar-refractivity contribution < 1.29 is 42.9 Å². The molecule has 2 saturated heterocycles. The minimum absolute atomic E-state index is 0.167. The van der Waals surface area contributed by atoms with E-state index in [1.165, 1.54) is 27.7 Å². The third-order valence-electron chi connectivity index (χ3n) is 7.83. The average Bonchev–Trinajstić information content (AvgIpc) is 3.09. The molecule has 0 aromatic rings. The number of carbonyl (C=O) groups is 4. The fourth-order valence-corrected chi connectivity index (χ4v) is 6.76. The van der Waals surface area contributed by atoms with Gasteiger partial charge < -0.3 is 23.7 Å². The molecule has 9 nitrogen and oxygen atoms in total. The van der Waals surface area contributed by atoms with Crippen LogP contribution in [0.2, 0.25) is 0 Å². The van der Waals surface area contributed by atoms with Crippen molar-refractivity contribution in [1.29, 1.82) is 0 Å². The number of ether oxygens (including phenoxy) is 5. The summed E-state index contributed by atoms with van der Waals surface area (Å²) in [6, 6.07) is 0. The summed E-state index contributed by atoms with van der Waals surface area (Å²) in [6.07, 6.45) is 0.866. The Balaban J connectivity index is 2.19. The van der Waals surface area contributed by atoms with E-state index in [1.54, 1.807) is 13.8 Å². The largest absolute Gasteiger partial charge is 0.459 e. The van der Waals surface area contributed by atoms with Crippen LogP contribution in [0.4, 0.5) is 0 Å². The molecule has 3 aliphatic rings. The van der Waals surface area contributed by atoms with Crippen molar-refractivity contribution >= 4 is 23.9 Å². The lowest BCUT2D eigenvalue weighted by Crippen LogP contribution is -2.58. The Kier molecular flexibility index (Phi) is 8.27. The molecule has 8 atom stereocenters. The predicted molar refractivity (Wildman–Crippen MR) is 133 cm³/mol. The Labute approximate surface area is 218 Å². The highest BCUT2D eigenvalue weighted by atomic mass is 16.6. The van der Waals surface area contributed by atoms with Crippen LogP contribution in [0.25, 0.3) is 0 Å². The third kappa shape index (κ3) is 6.08. The highest BCUT2D eigenvalue weighted by molar-refractivity contribution is 5.68. The van der Waals surface area contributed by atoms with Crippen molar-refractivity contribution in [1.82, 2.24) is 0 Å². The van der Waals surface area contributed by atoms with Crippen LogP contribution in [-0.2, 0) is 42.9 Å². The van der Waals surface area contributed by atoms with Gasteiger partial charge in [0.05, 0.1) is 6.10 Å². The summed E-state index contributed by atoms with van der Waals surface area (Å²) in [6.45, 7) is 17.0. The predicted octanol–water partition coefficient (Wildman–Crippen LogP) is 3.83. The van der Waals surface area contributed by atoms with Gasteiger partial charge in [0.15, 0.2) is 0 Å². The van der Waals surface area contributed by atoms with Crippen molar-refractivity contribution in [3.05, 3.63) is 23.8 Å². The van der Waals surface area contributed by atoms with Gasteiger partial charge in [-0.05, 0) is 58.6 Å². The highest BCUT2D eigenvalue weighted by Gasteiger charge is 2.63. The highest BCUT2D eigenvalue weighted by Crippen LogP contribution is 2.56. The molecule has 0 radical (unpaired) electrons. The Morgan fingerprint density at radius 3 is 2.19 bits per heavy atom. The van der Waals surface area contributed by atoms with E-state index < -0.39 is 59.3 Å². The molecule has 0 spiro atoms. The van der Waals surface area contributed by atoms with Gasteiger partial charge >= 0.3 is 23.9 Å². The van der Waals surface area contributed by atoms with E-state index in [2.05, 4.69) is 6.58 Å². The monoisotopic (exact) mass is 520 g/mol. The van der Waals surface area contributed by atoms with Gasteiger partial charge in [-0.3, -0.25) is 19.2 Å². The van der Waals surface area contributed by atoms with Crippen molar-refractivity contribution in [3.63, 3.8) is 0 Å². The molecule has 0 aromatic carbocycles. The molecule has 2 bridgehead atoms.